The first-order valence-corrected chi connectivity index (χ1v) is 10.2. The maximum atomic E-state index is 12.7. The number of carbonyl (C=O) groups excluding carboxylic acids is 1. The molecule has 23 heavy (non-hydrogen) atoms. The topological polar surface area (TPSA) is 66.5 Å². The molecule has 0 saturated carbocycles. The number of nitrogens with zero attached hydrogens (tertiary/aromatic N) is 1. The average Bonchev–Trinajstić information content (AvgIpc) is 2.55. The van der Waals surface area contributed by atoms with Crippen LogP contribution in [0.1, 0.15) is 49.9 Å². The summed E-state index contributed by atoms with van der Waals surface area (Å²) in [5.74, 6) is -0.262. The minimum absolute atomic E-state index is 0.0387. The Morgan fingerprint density at radius 1 is 1.30 bits per heavy atom. The molecule has 2 rings (SSSR count). The maximum absolute atomic E-state index is 12.7. The van der Waals surface area contributed by atoms with E-state index < -0.39 is 10.0 Å². The Labute approximate surface area is 146 Å². The zero-order valence-corrected chi connectivity index (χ0v) is 15.9. The standard InChI is InChI=1S/C16H23BrN2O3S/c1-3-12(2)18-16(20)14-11-13(7-8-15(14)17)23(21,22)19-9-5-4-6-10-19/h7-8,11-12H,3-6,9-10H2,1-2H3,(H,18,20). The molecular formula is C16H23BrN2O3S. The fraction of sp³-hybridized carbons (Fsp3) is 0.562. The lowest BCUT2D eigenvalue weighted by molar-refractivity contribution is 0.0938. The van der Waals surface area contributed by atoms with Gasteiger partial charge in [0.25, 0.3) is 5.91 Å². The highest BCUT2D eigenvalue weighted by Gasteiger charge is 2.27. The van der Waals surface area contributed by atoms with Crippen LogP contribution in [0.15, 0.2) is 27.6 Å². The predicted octanol–water partition coefficient (Wildman–Crippen LogP) is 3.15. The highest BCUT2D eigenvalue weighted by atomic mass is 79.9. The number of nitrogens with one attached hydrogen (secondary N) is 1. The summed E-state index contributed by atoms with van der Waals surface area (Å²) in [6.07, 6.45) is 3.65. The third-order valence-electron chi connectivity index (χ3n) is 4.13. The van der Waals surface area contributed by atoms with Crippen molar-refractivity contribution < 1.29 is 13.2 Å². The van der Waals surface area contributed by atoms with E-state index in [-0.39, 0.29) is 16.8 Å². The molecule has 1 saturated heterocycles. The molecule has 1 aliphatic rings. The number of amides is 1. The average molecular weight is 403 g/mol. The number of halogens is 1. The Balaban J connectivity index is 2.30. The summed E-state index contributed by atoms with van der Waals surface area (Å²) < 4.78 is 27.6. The van der Waals surface area contributed by atoms with Gasteiger partial charge in [-0.2, -0.15) is 4.31 Å². The van der Waals surface area contributed by atoms with Crippen molar-refractivity contribution >= 4 is 31.9 Å². The molecule has 1 aromatic rings. The van der Waals surface area contributed by atoms with Crippen LogP contribution >= 0.6 is 15.9 Å². The van der Waals surface area contributed by atoms with Crippen LogP contribution in [0.3, 0.4) is 0 Å². The molecule has 7 heteroatoms. The number of hydrogen-bond acceptors (Lipinski definition) is 3. The first-order chi connectivity index (χ1) is 10.9. The number of carbonyl (C=O) groups is 1. The van der Waals surface area contributed by atoms with Gasteiger partial charge in [0.2, 0.25) is 10.0 Å². The molecule has 0 radical (unpaired) electrons. The fourth-order valence-corrected chi connectivity index (χ4v) is 4.47. The van der Waals surface area contributed by atoms with Crippen LogP contribution in [0.5, 0.6) is 0 Å². The molecular weight excluding hydrogens is 380 g/mol. The van der Waals surface area contributed by atoms with Gasteiger partial charge in [0.05, 0.1) is 10.5 Å². The van der Waals surface area contributed by atoms with Crippen LogP contribution in [-0.2, 0) is 10.0 Å². The van der Waals surface area contributed by atoms with Crippen molar-refractivity contribution in [3.63, 3.8) is 0 Å². The van der Waals surface area contributed by atoms with Gasteiger partial charge in [0, 0.05) is 23.6 Å². The third kappa shape index (κ3) is 4.33. The Morgan fingerprint density at radius 2 is 1.96 bits per heavy atom. The lowest BCUT2D eigenvalue weighted by atomic mass is 10.2. The van der Waals surface area contributed by atoms with E-state index in [1.54, 1.807) is 12.1 Å². The second kappa shape index (κ2) is 7.77. The van der Waals surface area contributed by atoms with Gasteiger partial charge in [-0.1, -0.05) is 13.3 Å². The van der Waals surface area contributed by atoms with Gasteiger partial charge in [-0.05, 0) is 60.3 Å². The molecule has 1 heterocycles. The zero-order valence-electron chi connectivity index (χ0n) is 13.5. The summed E-state index contributed by atoms with van der Waals surface area (Å²) >= 11 is 3.34. The zero-order chi connectivity index (χ0) is 17.0. The Morgan fingerprint density at radius 3 is 2.57 bits per heavy atom. The minimum Gasteiger partial charge on any atom is -0.350 e. The van der Waals surface area contributed by atoms with Gasteiger partial charge < -0.3 is 5.32 Å². The molecule has 0 aliphatic carbocycles. The first-order valence-electron chi connectivity index (χ1n) is 7.97. The lowest BCUT2D eigenvalue weighted by Crippen LogP contribution is -2.36. The van der Waals surface area contributed by atoms with E-state index in [0.29, 0.717) is 23.1 Å². The van der Waals surface area contributed by atoms with Crippen LogP contribution in [0, 0.1) is 0 Å². The van der Waals surface area contributed by atoms with Crippen molar-refractivity contribution in [2.45, 2.75) is 50.5 Å². The minimum atomic E-state index is -3.54. The number of hydrogen-bond donors (Lipinski definition) is 1. The fourth-order valence-electron chi connectivity index (χ4n) is 2.50. The number of rotatable bonds is 5. The molecule has 128 valence electrons. The van der Waals surface area contributed by atoms with E-state index in [1.807, 2.05) is 13.8 Å². The monoisotopic (exact) mass is 402 g/mol. The van der Waals surface area contributed by atoms with E-state index in [4.69, 9.17) is 0 Å². The summed E-state index contributed by atoms with van der Waals surface area (Å²) in [5, 5.41) is 2.87. The smallest absolute Gasteiger partial charge is 0.252 e. The summed E-state index contributed by atoms with van der Waals surface area (Å²) in [7, 11) is -3.54. The van der Waals surface area contributed by atoms with Crippen molar-refractivity contribution in [2.75, 3.05) is 13.1 Å². The van der Waals surface area contributed by atoms with Crippen molar-refractivity contribution in [3.8, 4) is 0 Å². The molecule has 1 aliphatic heterocycles. The van der Waals surface area contributed by atoms with Gasteiger partial charge in [-0.25, -0.2) is 8.42 Å². The van der Waals surface area contributed by atoms with Crippen molar-refractivity contribution in [1.29, 1.82) is 0 Å². The largest absolute Gasteiger partial charge is 0.350 e. The molecule has 5 nitrogen and oxygen atoms in total. The highest BCUT2D eigenvalue weighted by molar-refractivity contribution is 9.10. The predicted molar refractivity (Wildman–Crippen MR) is 94.0 cm³/mol. The van der Waals surface area contributed by atoms with E-state index in [1.165, 1.54) is 10.4 Å². The molecule has 0 bridgehead atoms. The van der Waals surface area contributed by atoms with Crippen LogP contribution in [0.25, 0.3) is 0 Å². The van der Waals surface area contributed by atoms with Gasteiger partial charge in [0.1, 0.15) is 0 Å². The van der Waals surface area contributed by atoms with Crippen molar-refractivity contribution in [2.24, 2.45) is 0 Å². The van der Waals surface area contributed by atoms with Crippen LogP contribution in [0.2, 0.25) is 0 Å². The molecule has 1 unspecified atom stereocenters. The second-order valence-corrected chi connectivity index (χ2v) is 8.68. The quantitative estimate of drug-likeness (QED) is 0.822. The summed E-state index contributed by atoms with van der Waals surface area (Å²) in [5.41, 5.74) is 0.350. The molecule has 0 aromatic heterocycles. The van der Waals surface area contributed by atoms with E-state index in [9.17, 15) is 13.2 Å². The van der Waals surface area contributed by atoms with E-state index >= 15 is 0 Å². The van der Waals surface area contributed by atoms with Crippen LogP contribution in [0.4, 0.5) is 0 Å². The van der Waals surface area contributed by atoms with Gasteiger partial charge in [0.15, 0.2) is 0 Å². The lowest BCUT2D eigenvalue weighted by Gasteiger charge is -2.26. The molecule has 1 fully saturated rings. The molecule has 1 atom stereocenters. The van der Waals surface area contributed by atoms with Crippen molar-refractivity contribution in [3.05, 3.63) is 28.2 Å². The first kappa shape index (κ1) is 18.4. The van der Waals surface area contributed by atoms with Crippen LogP contribution in [-0.4, -0.2) is 37.8 Å². The number of sulfonamides is 1. The third-order valence-corrected chi connectivity index (χ3v) is 6.71. The Kier molecular flexibility index (Phi) is 6.22. The summed E-state index contributed by atoms with van der Waals surface area (Å²) in [6.45, 7) is 5.00. The summed E-state index contributed by atoms with van der Waals surface area (Å²) in [4.78, 5) is 12.5. The van der Waals surface area contributed by atoms with Crippen LogP contribution < -0.4 is 5.32 Å². The molecule has 0 spiro atoms. The van der Waals surface area contributed by atoms with Gasteiger partial charge >= 0.3 is 0 Å². The van der Waals surface area contributed by atoms with E-state index in [0.717, 1.165) is 25.7 Å². The van der Waals surface area contributed by atoms with Crippen molar-refractivity contribution in [1.82, 2.24) is 9.62 Å². The second-order valence-electron chi connectivity index (χ2n) is 5.89. The normalized spacial score (nSPS) is 17.7. The van der Waals surface area contributed by atoms with E-state index in [2.05, 4.69) is 21.2 Å². The van der Waals surface area contributed by atoms with Gasteiger partial charge in [-0.3, -0.25) is 4.79 Å². The van der Waals surface area contributed by atoms with Gasteiger partial charge in [-0.15, -0.1) is 0 Å². The number of piperidine rings is 1. The molecule has 1 amide bonds. The summed E-state index contributed by atoms with van der Waals surface area (Å²) in [6, 6.07) is 4.68. The number of benzene rings is 1. The molecule has 1 aromatic carbocycles. The highest BCUT2D eigenvalue weighted by Crippen LogP contribution is 2.25. The Bertz CT molecular complexity index is 670. The Hall–Kier alpha value is -0.920. The maximum Gasteiger partial charge on any atom is 0.252 e. The SMILES string of the molecule is CCC(C)NC(=O)c1cc(S(=O)(=O)N2CCCCC2)ccc1Br. The molecule has 1 N–H and O–H groups in total.